The highest BCUT2D eigenvalue weighted by Crippen LogP contribution is 2.17. The molecule has 1 aliphatic carbocycles. The van der Waals surface area contributed by atoms with E-state index >= 15 is 0 Å². The minimum absolute atomic E-state index is 0.0540. The molecule has 0 aromatic heterocycles. The number of nitrogens with two attached hydrogens (primary N) is 3. The Balaban J connectivity index is 2.42. The van der Waals surface area contributed by atoms with Gasteiger partial charge < -0.3 is 17.2 Å². The van der Waals surface area contributed by atoms with Crippen molar-refractivity contribution in [1.82, 2.24) is 0 Å². The van der Waals surface area contributed by atoms with Gasteiger partial charge in [-0.1, -0.05) is 11.6 Å². The third-order valence-corrected chi connectivity index (χ3v) is 1.82. The fourth-order valence-corrected chi connectivity index (χ4v) is 1.23. The fraction of sp³-hybridized carbons (Fsp3) is 0.500. The first-order valence-electron chi connectivity index (χ1n) is 4.26. The molecular weight excluding hydrogens is 166 g/mol. The van der Waals surface area contributed by atoms with Crippen molar-refractivity contribution in [2.75, 3.05) is 6.54 Å². The van der Waals surface area contributed by atoms with E-state index in [0.29, 0.717) is 6.54 Å². The first-order chi connectivity index (χ1) is 6.18. The lowest BCUT2D eigenvalue weighted by molar-refractivity contribution is 0.889. The largest absolute Gasteiger partial charge is 0.370 e. The van der Waals surface area contributed by atoms with E-state index in [0.717, 1.165) is 12.8 Å². The maximum atomic E-state index is 5.43. The van der Waals surface area contributed by atoms with Crippen LogP contribution in [0.25, 0.3) is 0 Å². The van der Waals surface area contributed by atoms with Crippen molar-refractivity contribution in [3.63, 3.8) is 0 Å². The highest BCUT2D eigenvalue weighted by atomic mass is 15.1. The van der Waals surface area contributed by atoms with Crippen molar-refractivity contribution in [2.24, 2.45) is 27.2 Å². The lowest BCUT2D eigenvalue weighted by atomic mass is 10.2. The molecule has 1 aliphatic rings. The van der Waals surface area contributed by atoms with Gasteiger partial charge in [-0.05, 0) is 19.3 Å². The Morgan fingerprint density at radius 1 is 1.38 bits per heavy atom. The second-order valence-electron chi connectivity index (χ2n) is 2.97. The molecule has 5 heteroatoms. The molecule has 6 N–H and O–H groups in total. The van der Waals surface area contributed by atoms with Gasteiger partial charge in [-0.15, -0.1) is 0 Å². The van der Waals surface area contributed by atoms with Crippen LogP contribution in [0.1, 0.15) is 19.3 Å². The lowest BCUT2D eigenvalue weighted by Gasteiger charge is -1.96. The van der Waals surface area contributed by atoms with Crippen molar-refractivity contribution in [3.05, 3.63) is 11.6 Å². The summed E-state index contributed by atoms with van der Waals surface area (Å²) in [4.78, 5) is 7.64. The van der Waals surface area contributed by atoms with E-state index in [-0.39, 0.29) is 11.9 Å². The van der Waals surface area contributed by atoms with Crippen molar-refractivity contribution >= 4 is 11.9 Å². The Bertz CT molecular complexity index is 260. The molecule has 0 fully saturated rings. The van der Waals surface area contributed by atoms with E-state index in [9.17, 15) is 0 Å². The van der Waals surface area contributed by atoms with Crippen LogP contribution in [-0.4, -0.2) is 18.5 Å². The summed E-state index contributed by atoms with van der Waals surface area (Å²) in [5.41, 5.74) is 17.0. The average Bonchev–Trinajstić information content (AvgIpc) is 2.51. The van der Waals surface area contributed by atoms with Crippen LogP contribution in [0.15, 0.2) is 21.6 Å². The van der Waals surface area contributed by atoms with E-state index in [4.69, 9.17) is 17.2 Å². The predicted molar refractivity (Wildman–Crippen MR) is 54.2 cm³/mol. The van der Waals surface area contributed by atoms with E-state index in [1.807, 2.05) is 0 Å². The third-order valence-electron chi connectivity index (χ3n) is 1.82. The predicted octanol–water partition coefficient (Wildman–Crippen LogP) is -0.315. The van der Waals surface area contributed by atoms with Crippen LogP contribution in [0.2, 0.25) is 0 Å². The number of hydrogen-bond acceptors (Lipinski definition) is 1. The summed E-state index contributed by atoms with van der Waals surface area (Å²) in [5.74, 6) is 0.0921. The normalized spacial score (nSPS) is 16.9. The van der Waals surface area contributed by atoms with Crippen LogP contribution in [0, 0.1) is 0 Å². The molecule has 0 spiro atoms. The van der Waals surface area contributed by atoms with Crippen molar-refractivity contribution in [3.8, 4) is 0 Å². The fourth-order valence-electron chi connectivity index (χ4n) is 1.23. The molecule has 72 valence electrons. The van der Waals surface area contributed by atoms with Crippen molar-refractivity contribution < 1.29 is 0 Å². The number of guanidine groups is 2. The topological polar surface area (TPSA) is 103 Å². The van der Waals surface area contributed by atoms with E-state index < -0.39 is 0 Å². The lowest BCUT2D eigenvalue weighted by Crippen LogP contribution is -2.26. The number of aliphatic imine (C=N–C) groups is 2. The molecule has 0 radical (unpaired) electrons. The standard InChI is InChI=1S/C8H15N5/c9-7(10)13-8(11)12-5-6-3-1-2-4-6/h3H,1-2,4-5H2,(H6,9,10,11,12,13). The summed E-state index contributed by atoms with van der Waals surface area (Å²) in [6.45, 7) is 0.614. The smallest absolute Gasteiger partial charge is 0.218 e. The quantitative estimate of drug-likeness (QED) is 0.309. The van der Waals surface area contributed by atoms with Crippen LogP contribution in [-0.2, 0) is 0 Å². The first kappa shape index (κ1) is 9.57. The molecule has 0 bridgehead atoms. The number of allylic oxidation sites excluding steroid dienone is 1. The minimum atomic E-state index is -0.0540. The molecule has 0 atom stereocenters. The number of nitrogens with zero attached hydrogens (tertiary/aromatic N) is 2. The Morgan fingerprint density at radius 2 is 2.15 bits per heavy atom. The zero-order chi connectivity index (χ0) is 9.68. The van der Waals surface area contributed by atoms with Crippen LogP contribution < -0.4 is 17.2 Å². The second-order valence-corrected chi connectivity index (χ2v) is 2.97. The molecule has 0 aromatic carbocycles. The highest BCUT2D eigenvalue weighted by molar-refractivity contribution is 5.92. The summed E-state index contributed by atoms with van der Waals surface area (Å²) in [5, 5.41) is 0. The summed E-state index contributed by atoms with van der Waals surface area (Å²) >= 11 is 0. The summed E-state index contributed by atoms with van der Waals surface area (Å²) in [7, 11) is 0. The van der Waals surface area contributed by atoms with Gasteiger partial charge >= 0.3 is 0 Å². The first-order valence-corrected chi connectivity index (χ1v) is 4.26. The molecule has 13 heavy (non-hydrogen) atoms. The van der Waals surface area contributed by atoms with E-state index in [1.54, 1.807) is 0 Å². The third kappa shape index (κ3) is 3.59. The van der Waals surface area contributed by atoms with E-state index in [2.05, 4.69) is 16.1 Å². The molecule has 0 aromatic rings. The summed E-state index contributed by atoms with van der Waals surface area (Å²) in [6, 6.07) is 0. The number of hydrogen-bond donors (Lipinski definition) is 3. The molecule has 0 amide bonds. The molecule has 0 heterocycles. The van der Waals surface area contributed by atoms with Gasteiger partial charge in [0, 0.05) is 0 Å². The second kappa shape index (κ2) is 4.49. The molecule has 0 unspecified atom stereocenters. The minimum Gasteiger partial charge on any atom is -0.370 e. The van der Waals surface area contributed by atoms with Gasteiger partial charge in [-0.3, -0.25) is 0 Å². The van der Waals surface area contributed by atoms with Gasteiger partial charge in [0.1, 0.15) is 0 Å². The Morgan fingerprint density at radius 3 is 2.69 bits per heavy atom. The molecule has 0 aliphatic heterocycles. The van der Waals surface area contributed by atoms with E-state index in [1.165, 1.54) is 12.0 Å². The Kier molecular flexibility index (Phi) is 3.31. The van der Waals surface area contributed by atoms with Crippen molar-refractivity contribution in [2.45, 2.75) is 19.3 Å². The SMILES string of the molecule is NC(N)=NC(N)=NCC1=CCCC1. The Hall–Kier alpha value is -1.52. The molecule has 0 saturated carbocycles. The van der Waals surface area contributed by atoms with Crippen LogP contribution in [0.4, 0.5) is 0 Å². The average molecular weight is 181 g/mol. The van der Waals surface area contributed by atoms with Crippen LogP contribution in [0.5, 0.6) is 0 Å². The zero-order valence-corrected chi connectivity index (χ0v) is 7.53. The van der Waals surface area contributed by atoms with Crippen LogP contribution >= 0.6 is 0 Å². The molecule has 1 rings (SSSR count). The molecular formula is C8H15N5. The highest BCUT2D eigenvalue weighted by Gasteiger charge is 2.02. The zero-order valence-electron chi connectivity index (χ0n) is 7.53. The van der Waals surface area contributed by atoms with Gasteiger partial charge in [0.25, 0.3) is 0 Å². The maximum absolute atomic E-state index is 5.43. The Labute approximate surface area is 77.4 Å². The maximum Gasteiger partial charge on any atom is 0.218 e. The summed E-state index contributed by atoms with van der Waals surface area (Å²) in [6.07, 6.45) is 5.66. The molecule has 5 nitrogen and oxygen atoms in total. The van der Waals surface area contributed by atoms with Gasteiger partial charge in [0.05, 0.1) is 6.54 Å². The van der Waals surface area contributed by atoms with Gasteiger partial charge in [-0.25, -0.2) is 4.99 Å². The van der Waals surface area contributed by atoms with Crippen molar-refractivity contribution in [1.29, 1.82) is 0 Å². The van der Waals surface area contributed by atoms with Gasteiger partial charge in [0.15, 0.2) is 5.96 Å². The van der Waals surface area contributed by atoms with Gasteiger partial charge in [0.2, 0.25) is 5.96 Å². The summed E-state index contributed by atoms with van der Waals surface area (Å²) < 4.78 is 0. The number of rotatable bonds is 2. The van der Waals surface area contributed by atoms with Crippen LogP contribution in [0.3, 0.4) is 0 Å². The van der Waals surface area contributed by atoms with Gasteiger partial charge in [-0.2, -0.15) is 4.99 Å². The monoisotopic (exact) mass is 181 g/mol. The molecule has 0 saturated heterocycles.